The van der Waals surface area contributed by atoms with Crippen molar-refractivity contribution in [2.45, 2.75) is 6.92 Å². The Morgan fingerprint density at radius 1 is 1.44 bits per heavy atom. The maximum Gasteiger partial charge on any atom is 0.357 e. The van der Waals surface area contributed by atoms with Gasteiger partial charge in [-0.2, -0.15) is 0 Å². The van der Waals surface area contributed by atoms with Gasteiger partial charge in [-0.1, -0.05) is 18.2 Å². The maximum atomic E-state index is 10.8. The largest absolute Gasteiger partial charge is 0.476 e. The lowest BCUT2D eigenvalue weighted by molar-refractivity contribution is 0.0690. The Morgan fingerprint density at radius 2 is 2.28 bits per heavy atom. The number of aromatic carboxylic acids is 1. The Kier molecular flexibility index (Phi) is 2.19. The monoisotopic (exact) mass is 242 g/mol. The number of fused-ring (bicyclic) bond motifs is 1. The molecule has 2 N–H and O–H groups in total. The Balaban J connectivity index is 2.19. The fourth-order valence-electron chi connectivity index (χ4n) is 1.98. The first-order valence-electron chi connectivity index (χ1n) is 5.42. The average molecular weight is 242 g/mol. The first kappa shape index (κ1) is 10.6. The molecule has 18 heavy (non-hydrogen) atoms. The molecule has 0 saturated heterocycles. The molecule has 0 aliphatic heterocycles. The second-order valence-electron chi connectivity index (χ2n) is 4.04. The Labute approximate surface area is 102 Å². The van der Waals surface area contributed by atoms with E-state index in [2.05, 4.69) is 9.97 Å². The van der Waals surface area contributed by atoms with E-state index in [1.807, 2.05) is 25.1 Å². The summed E-state index contributed by atoms with van der Waals surface area (Å²) in [7, 11) is 0. The molecule has 1 aromatic carbocycles. The van der Waals surface area contributed by atoms with Gasteiger partial charge in [-0.25, -0.2) is 9.78 Å². The summed E-state index contributed by atoms with van der Waals surface area (Å²) in [4.78, 5) is 17.9. The van der Waals surface area contributed by atoms with Crippen LogP contribution >= 0.6 is 0 Å². The summed E-state index contributed by atoms with van der Waals surface area (Å²) in [5.41, 5.74) is 2.79. The highest BCUT2D eigenvalue weighted by Gasteiger charge is 2.15. The number of hydrogen-bond acceptors (Lipinski definition) is 3. The van der Waals surface area contributed by atoms with E-state index < -0.39 is 5.97 Å². The van der Waals surface area contributed by atoms with Crippen LogP contribution in [0.25, 0.3) is 22.4 Å². The van der Waals surface area contributed by atoms with Gasteiger partial charge in [0.2, 0.25) is 5.89 Å². The molecule has 0 aliphatic carbocycles. The van der Waals surface area contributed by atoms with Gasteiger partial charge in [0.05, 0.1) is 5.56 Å². The number of nitrogens with one attached hydrogen (secondary N) is 1. The number of para-hydroxylation sites is 1. The van der Waals surface area contributed by atoms with Gasteiger partial charge >= 0.3 is 5.97 Å². The van der Waals surface area contributed by atoms with Gasteiger partial charge in [0, 0.05) is 17.1 Å². The SMILES string of the molecule is Cc1cccc2c(-c3nc(C(=O)O)co3)c[nH]c12. The van der Waals surface area contributed by atoms with E-state index >= 15 is 0 Å². The van der Waals surface area contributed by atoms with Crippen molar-refractivity contribution in [2.24, 2.45) is 0 Å². The number of H-pyrrole nitrogens is 1. The highest BCUT2D eigenvalue weighted by Crippen LogP contribution is 2.29. The molecule has 0 amide bonds. The summed E-state index contributed by atoms with van der Waals surface area (Å²) in [6.45, 7) is 2.00. The molecule has 0 bridgehead atoms. The predicted molar refractivity (Wildman–Crippen MR) is 65.5 cm³/mol. The van der Waals surface area contributed by atoms with Crippen molar-refractivity contribution < 1.29 is 14.3 Å². The van der Waals surface area contributed by atoms with Crippen LogP contribution in [0.4, 0.5) is 0 Å². The van der Waals surface area contributed by atoms with E-state index in [0.29, 0.717) is 5.89 Å². The molecule has 0 atom stereocenters. The molecule has 0 unspecified atom stereocenters. The van der Waals surface area contributed by atoms with E-state index in [1.54, 1.807) is 6.20 Å². The number of hydrogen-bond donors (Lipinski definition) is 2. The molecule has 0 aliphatic rings. The van der Waals surface area contributed by atoms with E-state index in [0.717, 1.165) is 28.3 Å². The summed E-state index contributed by atoms with van der Waals surface area (Å²) in [6, 6.07) is 5.88. The molecule has 2 heterocycles. The second-order valence-corrected chi connectivity index (χ2v) is 4.04. The minimum absolute atomic E-state index is 0.0907. The van der Waals surface area contributed by atoms with Gasteiger partial charge < -0.3 is 14.5 Å². The van der Waals surface area contributed by atoms with Crippen LogP contribution in [0.3, 0.4) is 0 Å². The van der Waals surface area contributed by atoms with Gasteiger partial charge in [-0.15, -0.1) is 0 Å². The van der Waals surface area contributed by atoms with Crippen LogP contribution in [0.5, 0.6) is 0 Å². The summed E-state index contributed by atoms with van der Waals surface area (Å²) < 4.78 is 5.21. The van der Waals surface area contributed by atoms with Crippen LogP contribution in [0.15, 0.2) is 35.1 Å². The van der Waals surface area contributed by atoms with E-state index in [1.165, 1.54) is 0 Å². The number of oxazole rings is 1. The molecule has 0 spiro atoms. The van der Waals surface area contributed by atoms with Crippen molar-refractivity contribution in [2.75, 3.05) is 0 Å². The van der Waals surface area contributed by atoms with Crippen molar-refractivity contribution in [1.29, 1.82) is 0 Å². The highest BCUT2D eigenvalue weighted by molar-refractivity contribution is 5.95. The average Bonchev–Trinajstić information content (AvgIpc) is 2.94. The number of aryl methyl sites for hydroxylation is 1. The molecular formula is C13H10N2O3. The molecule has 0 fully saturated rings. The van der Waals surface area contributed by atoms with Crippen molar-refractivity contribution in [1.82, 2.24) is 9.97 Å². The summed E-state index contributed by atoms with van der Waals surface area (Å²) in [5, 5.41) is 9.79. The molecule has 3 aromatic rings. The molecule has 5 nitrogen and oxygen atoms in total. The number of benzene rings is 1. The van der Waals surface area contributed by atoms with Crippen LogP contribution in [-0.2, 0) is 0 Å². The van der Waals surface area contributed by atoms with Gasteiger partial charge in [0.25, 0.3) is 0 Å². The molecular weight excluding hydrogens is 232 g/mol. The first-order valence-corrected chi connectivity index (χ1v) is 5.42. The zero-order valence-electron chi connectivity index (χ0n) is 9.60. The van der Waals surface area contributed by atoms with Crippen molar-refractivity contribution in [3.05, 3.63) is 41.9 Å². The van der Waals surface area contributed by atoms with Crippen LogP contribution in [0.1, 0.15) is 16.1 Å². The topological polar surface area (TPSA) is 79.1 Å². The maximum absolute atomic E-state index is 10.8. The molecule has 5 heteroatoms. The normalized spacial score (nSPS) is 10.9. The third-order valence-corrected chi connectivity index (χ3v) is 2.88. The van der Waals surface area contributed by atoms with Gasteiger partial charge in [-0.05, 0) is 12.5 Å². The van der Waals surface area contributed by atoms with Crippen LogP contribution in [0, 0.1) is 6.92 Å². The fraction of sp³-hybridized carbons (Fsp3) is 0.0769. The number of nitrogens with zero attached hydrogens (tertiary/aromatic N) is 1. The van der Waals surface area contributed by atoms with Crippen LogP contribution in [0.2, 0.25) is 0 Å². The quantitative estimate of drug-likeness (QED) is 0.724. The standard InChI is InChI=1S/C13H10N2O3/c1-7-3-2-4-8-9(5-14-11(7)8)12-15-10(6-18-12)13(16)17/h2-6,14H,1H3,(H,16,17). The fourth-order valence-corrected chi connectivity index (χ4v) is 1.98. The summed E-state index contributed by atoms with van der Waals surface area (Å²) in [6.07, 6.45) is 2.92. The van der Waals surface area contributed by atoms with Crippen LogP contribution < -0.4 is 0 Å². The number of aromatic nitrogens is 2. The van der Waals surface area contributed by atoms with E-state index in [4.69, 9.17) is 9.52 Å². The molecule has 0 radical (unpaired) electrons. The van der Waals surface area contributed by atoms with Gasteiger partial charge in [0.1, 0.15) is 6.26 Å². The van der Waals surface area contributed by atoms with Gasteiger partial charge in [0.15, 0.2) is 5.69 Å². The lowest BCUT2D eigenvalue weighted by Crippen LogP contribution is -1.95. The highest BCUT2D eigenvalue weighted by atomic mass is 16.4. The van der Waals surface area contributed by atoms with E-state index in [9.17, 15) is 4.79 Å². The number of aromatic amines is 1. The first-order chi connectivity index (χ1) is 8.66. The lowest BCUT2D eigenvalue weighted by atomic mass is 10.1. The van der Waals surface area contributed by atoms with Gasteiger partial charge in [-0.3, -0.25) is 0 Å². The second kappa shape index (κ2) is 3.73. The number of carboxylic acid groups (broad SMARTS) is 1. The summed E-state index contributed by atoms with van der Waals surface area (Å²) >= 11 is 0. The molecule has 0 saturated carbocycles. The van der Waals surface area contributed by atoms with Crippen molar-refractivity contribution in [3.8, 4) is 11.5 Å². The van der Waals surface area contributed by atoms with Crippen LogP contribution in [-0.4, -0.2) is 21.0 Å². The molecule has 2 aromatic heterocycles. The third kappa shape index (κ3) is 1.48. The molecule has 90 valence electrons. The predicted octanol–water partition coefficient (Wildman–Crippen LogP) is 2.83. The molecule has 3 rings (SSSR count). The Bertz CT molecular complexity index is 740. The van der Waals surface area contributed by atoms with E-state index in [-0.39, 0.29) is 5.69 Å². The zero-order chi connectivity index (χ0) is 12.7. The third-order valence-electron chi connectivity index (χ3n) is 2.88. The van der Waals surface area contributed by atoms with Crippen molar-refractivity contribution in [3.63, 3.8) is 0 Å². The zero-order valence-corrected chi connectivity index (χ0v) is 9.60. The lowest BCUT2D eigenvalue weighted by Gasteiger charge is -1.96. The van der Waals surface area contributed by atoms with Crippen molar-refractivity contribution >= 4 is 16.9 Å². The minimum Gasteiger partial charge on any atom is -0.476 e. The number of carboxylic acids is 1. The number of rotatable bonds is 2. The Hall–Kier alpha value is -2.56. The summed E-state index contributed by atoms with van der Waals surface area (Å²) in [5.74, 6) is -0.787. The minimum atomic E-state index is -1.10. The smallest absolute Gasteiger partial charge is 0.357 e. The number of carbonyl (C=O) groups is 1. The Morgan fingerprint density at radius 3 is 3.00 bits per heavy atom.